The van der Waals surface area contributed by atoms with E-state index in [1.54, 1.807) is 0 Å². The van der Waals surface area contributed by atoms with E-state index in [9.17, 15) is 0 Å². The SMILES string of the molecule is Cc1cccc(C(N)=S)c1NC(C)C1CC1. The van der Waals surface area contributed by atoms with E-state index in [4.69, 9.17) is 18.0 Å². The molecule has 1 aromatic rings. The number of hydrogen-bond donors (Lipinski definition) is 2. The van der Waals surface area contributed by atoms with E-state index in [0.29, 0.717) is 11.0 Å². The fourth-order valence-electron chi connectivity index (χ4n) is 2.01. The van der Waals surface area contributed by atoms with Crippen molar-refractivity contribution in [3.8, 4) is 0 Å². The summed E-state index contributed by atoms with van der Waals surface area (Å²) in [5.41, 5.74) is 9.02. The van der Waals surface area contributed by atoms with Crippen LogP contribution >= 0.6 is 12.2 Å². The van der Waals surface area contributed by atoms with Crippen molar-refractivity contribution >= 4 is 22.9 Å². The molecule has 2 rings (SSSR count). The van der Waals surface area contributed by atoms with Crippen molar-refractivity contribution in [1.82, 2.24) is 0 Å². The van der Waals surface area contributed by atoms with Gasteiger partial charge in [-0.25, -0.2) is 0 Å². The average molecular weight is 234 g/mol. The molecule has 0 aliphatic heterocycles. The molecule has 0 saturated heterocycles. The lowest BCUT2D eigenvalue weighted by molar-refractivity contribution is 0.693. The molecule has 1 aliphatic carbocycles. The molecule has 3 N–H and O–H groups in total. The van der Waals surface area contributed by atoms with Gasteiger partial charge in [-0.05, 0) is 44.2 Å². The molecule has 0 aromatic heterocycles. The molecule has 1 unspecified atom stereocenters. The van der Waals surface area contributed by atoms with Crippen molar-refractivity contribution in [3.05, 3.63) is 29.3 Å². The second-order valence-electron chi connectivity index (χ2n) is 4.63. The summed E-state index contributed by atoms with van der Waals surface area (Å²) in [5.74, 6) is 0.818. The van der Waals surface area contributed by atoms with Crippen LogP contribution in [0.15, 0.2) is 18.2 Å². The largest absolute Gasteiger partial charge is 0.389 e. The molecule has 3 heteroatoms. The zero-order valence-corrected chi connectivity index (χ0v) is 10.6. The third kappa shape index (κ3) is 2.35. The zero-order valence-electron chi connectivity index (χ0n) is 9.79. The van der Waals surface area contributed by atoms with Crippen LogP contribution in [0.5, 0.6) is 0 Å². The number of benzene rings is 1. The standard InChI is InChI=1S/C13H18N2S/c1-8-4-3-5-11(13(14)16)12(8)15-9(2)10-6-7-10/h3-5,9-10,15H,6-7H2,1-2H3,(H2,14,16). The Balaban J connectivity index is 2.26. The van der Waals surface area contributed by atoms with E-state index in [1.807, 2.05) is 12.1 Å². The van der Waals surface area contributed by atoms with Gasteiger partial charge >= 0.3 is 0 Å². The number of rotatable bonds is 4. The molecule has 1 aromatic carbocycles. The van der Waals surface area contributed by atoms with Crippen LogP contribution in [0.3, 0.4) is 0 Å². The Morgan fingerprint density at radius 3 is 2.75 bits per heavy atom. The minimum absolute atomic E-state index is 0.467. The smallest absolute Gasteiger partial charge is 0.106 e. The number of nitrogens with one attached hydrogen (secondary N) is 1. The van der Waals surface area contributed by atoms with E-state index in [1.165, 1.54) is 18.4 Å². The van der Waals surface area contributed by atoms with Gasteiger partial charge in [-0.15, -0.1) is 0 Å². The van der Waals surface area contributed by atoms with Gasteiger partial charge in [-0.1, -0.05) is 24.4 Å². The van der Waals surface area contributed by atoms with Crippen molar-refractivity contribution in [1.29, 1.82) is 0 Å². The Morgan fingerprint density at radius 1 is 1.50 bits per heavy atom. The van der Waals surface area contributed by atoms with Gasteiger partial charge in [0.05, 0.1) is 0 Å². The first-order valence-corrected chi connectivity index (χ1v) is 6.16. The molecular weight excluding hydrogens is 216 g/mol. The lowest BCUT2D eigenvalue weighted by Crippen LogP contribution is -2.21. The van der Waals surface area contributed by atoms with Gasteiger partial charge < -0.3 is 11.1 Å². The van der Waals surface area contributed by atoms with E-state index >= 15 is 0 Å². The minimum atomic E-state index is 0.467. The van der Waals surface area contributed by atoms with Crippen LogP contribution in [0.2, 0.25) is 0 Å². The molecule has 0 bridgehead atoms. The van der Waals surface area contributed by atoms with Crippen LogP contribution in [0.25, 0.3) is 0 Å². The predicted molar refractivity (Wildman–Crippen MR) is 72.9 cm³/mol. The van der Waals surface area contributed by atoms with Gasteiger partial charge in [0.2, 0.25) is 0 Å². The van der Waals surface area contributed by atoms with Gasteiger partial charge in [0, 0.05) is 17.3 Å². The number of para-hydroxylation sites is 1. The second-order valence-corrected chi connectivity index (χ2v) is 5.07. The first-order chi connectivity index (χ1) is 7.59. The number of nitrogens with two attached hydrogens (primary N) is 1. The number of anilines is 1. The summed E-state index contributed by atoms with van der Waals surface area (Å²) in [7, 11) is 0. The zero-order chi connectivity index (χ0) is 11.7. The average Bonchev–Trinajstić information content (AvgIpc) is 3.03. The molecule has 2 nitrogen and oxygen atoms in total. The fraction of sp³-hybridized carbons (Fsp3) is 0.462. The molecule has 16 heavy (non-hydrogen) atoms. The first-order valence-electron chi connectivity index (χ1n) is 5.75. The van der Waals surface area contributed by atoms with Crippen LogP contribution < -0.4 is 11.1 Å². The summed E-state index contributed by atoms with van der Waals surface area (Å²) in [6.45, 7) is 4.32. The van der Waals surface area contributed by atoms with Crippen LogP contribution in [0.1, 0.15) is 30.9 Å². The summed E-state index contributed by atoms with van der Waals surface area (Å²) >= 11 is 5.08. The van der Waals surface area contributed by atoms with Crippen molar-refractivity contribution in [2.24, 2.45) is 11.7 Å². The molecule has 0 spiro atoms. The normalized spacial score (nSPS) is 16.9. The molecule has 0 heterocycles. The lowest BCUT2D eigenvalue weighted by Gasteiger charge is -2.19. The van der Waals surface area contributed by atoms with Gasteiger partial charge in [0.25, 0.3) is 0 Å². The van der Waals surface area contributed by atoms with Crippen molar-refractivity contribution in [2.75, 3.05) is 5.32 Å². The number of aryl methyl sites for hydroxylation is 1. The van der Waals surface area contributed by atoms with Crippen LogP contribution in [0.4, 0.5) is 5.69 Å². The van der Waals surface area contributed by atoms with Crippen LogP contribution in [-0.2, 0) is 0 Å². The van der Waals surface area contributed by atoms with Gasteiger partial charge in [-0.2, -0.15) is 0 Å². The topological polar surface area (TPSA) is 38.0 Å². The molecular formula is C13H18N2S. The van der Waals surface area contributed by atoms with E-state index in [-0.39, 0.29) is 0 Å². The van der Waals surface area contributed by atoms with Crippen molar-refractivity contribution in [2.45, 2.75) is 32.7 Å². The summed E-state index contributed by atoms with van der Waals surface area (Å²) in [6.07, 6.45) is 2.67. The molecule has 1 aliphatic rings. The van der Waals surface area contributed by atoms with Gasteiger partial charge in [0.15, 0.2) is 0 Å². The summed E-state index contributed by atoms with van der Waals surface area (Å²) < 4.78 is 0. The van der Waals surface area contributed by atoms with E-state index < -0.39 is 0 Å². The maximum Gasteiger partial charge on any atom is 0.106 e. The maximum atomic E-state index is 5.74. The van der Waals surface area contributed by atoms with E-state index in [2.05, 4.69) is 25.2 Å². The highest BCUT2D eigenvalue weighted by Gasteiger charge is 2.28. The molecule has 86 valence electrons. The minimum Gasteiger partial charge on any atom is -0.389 e. The highest BCUT2D eigenvalue weighted by Crippen LogP contribution is 2.35. The quantitative estimate of drug-likeness (QED) is 0.787. The highest BCUT2D eigenvalue weighted by atomic mass is 32.1. The molecule has 1 saturated carbocycles. The Morgan fingerprint density at radius 2 is 2.19 bits per heavy atom. The van der Waals surface area contributed by atoms with Crippen LogP contribution in [-0.4, -0.2) is 11.0 Å². The van der Waals surface area contributed by atoms with E-state index in [0.717, 1.165) is 17.2 Å². The Labute approximate surface area is 102 Å². The Kier molecular flexibility index (Phi) is 3.15. The first kappa shape index (κ1) is 11.4. The third-order valence-corrected chi connectivity index (χ3v) is 3.46. The fourth-order valence-corrected chi connectivity index (χ4v) is 2.18. The Bertz CT molecular complexity index is 410. The monoisotopic (exact) mass is 234 g/mol. The third-order valence-electron chi connectivity index (χ3n) is 3.24. The highest BCUT2D eigenvalue weighted by molar-refractivity contribution is 7.80. The lowest BCUT2D eigenvalue weighted by atomic mass is 10.1. The predicted octanol–water partition coefficient (Wildman–Crippen LogP) is 2.84. The molecule has 0 radical (unpaired) electrons. The molecule has 1 atom stereocenters. The number of hydrogen-bond acceptors (Lipinski definition) is 2. The second kappa shape index (κ2) is 4.42. The summed E-state index contributed by atoms with van der Waals surface area (Å²) in [6, 6.07) is 6.58. The summed E-state index contributed by atoms with van der Waals surface area (Å²) in [4.78, 5) is 0.467. The van der Waals surface area contributed by atoms with Gasteiger partial charge in [0.1, 0.15) is 4.99 Å². The van der Waals surface area contributed by atoms with Crippen LogP contribution in [0, 0.1) is 12.8 Å². The molecule has 1 fully saturated rings. The van der Waals surface area contributed by atoms with Crippen molar-refractivity contribution in [3.63, 3.8) is 0 Å². The van der Waals surface area contributed by atoms with Gasteiger partial charge in [-0.3, -0.25) is 0 Å². The number of thiocarbonyl (C=S) groups is 1. The summed E-state index contributed by atoms with van der Waals surface area (Å²) in [5, 5.41) is 3.55. The molecule has 0 amide bonds. The Hall–Kier alpha value is -1.09. The van der Waals surface area contributed by atoms with Crippen molar-refractivity contribution < 1.29 is 0 Å². The maximum absolute atomic E-state index is 5.74.